The maximum atomic E-state index is 13.7. The van der Waals surface area contributed by atoms with Crippen molar-refractivity contribution in [3.05, 3.63) is 67.6 Å². The van der Waals surface area contributed by atoms with E-state index in [1.165, 1.54) is 6.07 Å². The zero-order valence-corrected chi connectivity index (χ0v) is 12.3. The van der Waals surface area contributed by atoms with E-state index in [1.807, 2.05) is 0 Å². The van der Waals surface area contributed by atoms with E-state index in [4.69, 9.17) is 23.2 Å². The summed E-state index contributed by atoms with van der Waals surface area (Å²) < 4.78 is 27.4. The van der Waals surface area contributed by atoms with E-state index in [2.05, 4.69) is 15.9 Å². The lowest BCUT2D eigenvalue weighted by Crippen LogP contribution is -2.07. The standard InChI is InChI=1S/C13H5BrCl2F2O/c14-7-2-1-3-8(15)12(7)13(19)6-4-11(18)9(16)5-10(6)17/h1-5H. The van der Waals surface area contributed by atoms with Crippen LogP contribution in [0.5, 0.6) is 0 Å². The highest BCUT2D eigenvalue weighted by atomic mass is 79.9. The topological polar surface area (TPSA) is 17.1 Å². The van der Waals surface area contributed by atoms with Crippen molar-refractivity contribution in [1.29, 1.82) is 0 Å². The number of hydrogen-bond donors (Lipinski definition) is 0. The van der Waals surface area contributed by atoms with Gasteiger partial charge in [-0.15, -0.1) is 0 Å². The Morgan fingerprint density at radius 3 is 2.37 bits per heavy atom. The van der Waals surface area contributed by atoms with Crippen molar-refractivity contribution in [3.63, 3.8) is 0 Å². The second kappa shape index (κ2) is 5.57. The molecule has 0 unspecified atom stereocenters. The predicted molar refractivity (Wildman–Crippen MR) is 74.0 cm³/mol. The normalized spacial score (nSPS) is 10.6. The van der Waals surface area contributed by atoms with Gasteiger partial charge in [-0.05, 0) is 40.2 Å². The monoisotopic (exact) mass is 364 g/mol. The SMILES string of the molecule is O=C(c1cc(F)c(Cl)cc1F)c1c(Cl)cccc1Br. The molecule has 0 aliphatic rings. The first-order valence-electron chi connectivity index (χ1n) is 5.05. The minimum Gasteiger partial charge on any atom is -0.288 e. The van der Waals surface area contributed by atoms with Crippen molar-refractivity contribution in [2.75, 3.05) is 0 Å². The zero-order valence-electron chi connectivity index (χ0n) is 9.18. The second-order valence-corrected chi connectivity index (χ2v) is 5.34. The van der Waals surface area contributed by atoms with Crippen molar-refractivity contribution in [3.8, 4) is 0 Å². The Labute approximate surface area is 126 Å². The average molecular weight is 366 g/mol. The number of ketones is 1. The Balaban J connectivity index is 2.60. The molecule has 0 aliphatic carbocycles. The van der Waals surface area contributed by atoms with Gasteiger partial charge in [-0.1, -0.05) is 29.3 Å². The highest BCUT2D eigenvalue weighted by Crippen LogP contribution is 2.29. The van der Waals surface area contributed by atoms with Crippen LogP contribution in [0.1, 0.15) is 15.9 Å². The molecule has 0 aliphatic heterocycles. The summed E-state index contributed by atoms with van der Waals surface area (Å²) in [4.78, 5) is 12.2. The fraction of sp³-hybridized carbons (Fsp3) is 0. The molecule has 0 bridgehead atoms. The molecule has 2 aromatic rings. The van der Waals surface area contributed by atoms with E-state index in [1.54, 1.807) is 12.1 Å². The smallest absolute Gasteiger partial charge is 0.198 e. The van der Waals surface area contributed by atoms with Gasteiger partial charge in [-0.2, -0.15) is 0 Å². The van der Waals surface area contributed by atoms with Crippen LogP contribution in [-0.2, 0) is 0 Å². The summed E-state index contributed by atoms with van der Waals surface area (Å²) in [6.07, 6.45) is 0. The molecule has 0 aromatic heterocycles. The van der Waals surface area contributed by atoms with E-state index in [0.29, 0.717) is 4.47 Å². The average Bonchev–Trinajstić information content (AvgIpc) is 2.33. The fourth-order valence-electron chi connectivity index (χ4n) is 1.55. The van der Waals surface area contributed by atoms with Crippen molar-refractivity contribution < 1.29 is 13.6 Å². The van der Waals surface area contributed by atoms with Crippen LogP contribution >= 0.6 is 39.1 Å². The molecule has 0 radical (unpaired) electrons. The first-order valence-corrected chi connectivity index (χ1v) is 6.60. The Hall–Kier alpha value is -0.970. The Bertz CT molecular complexity index is 654. The molecule has 19 heavy (non-hydrogen) atoms. The molecule has 2 aromatic carbocycles. The third-order valence-electron chi connectivity index (χ3n) is 2.44. The minimum atomic E-state index is -0.900. The van der Waals surface area contributed by atoms with Gasteiger partial charge >= 0.3 is 0 Å². The van der Waals surface area contributed by atoms with Crippen molar-refractivity contribution >= 4 is 44.9 Å². The van der Waals surface area contributed by atoms with Gasteiger partial charge in [-0.3, -0.25) is 4.79 Å². The quantitative estimate of drug-likeness (QED) is 0.523. The Morgan fingerprint density at radius 1 is 1.05 bits per heavy atom. The van der Waals surface area contributed by atoms with Crippen molar-refractivity contribution in [2.45, 2.75) is 0 Å². The second-order valence-electron chi connectivity index (χ2n) is 3.67. The van der Waals surface area contributed by atoms with Gasteiger partial charge in [0.1, 0.15) is 11.6 Å². The van der Waals surface area contributed by atoms with Gasteiger partial charge in [0.15, 0.2) is 5.78 Å². The Morgan fingerprint density at radius 2 is 1.74 bits per heavy atom. The van der Waals surface area contributed by atoms with Crippen LogP contribution in [0.3, 0.4) is 0 Å². The highest BCUT2D eigenvalue weighted by Gasteiger charge is 2.21. The van der Waals surface area contributed by atoms with Gasteiger partial charge in [0, 0.05) is 4.47 Å². The molecule has 2 rings (SSSR count). The zero-order chi connectivity index (χ0) is 14.2. The summed E-state index contributed by atoms with van der Waals surface area (Å²) >= 11 is 14.5. The van der Waals surface area contributed by atoms with E-state index >= 15 is 0 Å². The third-order valence-corrected chi connectivity index (χ3v) is 3.71. The summed E-state index contributed by atoms with van der Waals surface area (Å²) in [6, 6.07) is 6.22. The maximum absolute atomic E-state index is 13.7. The molecular weight excluding hydrogens is 361 g/mol. The first-order chi connectivity index (χ1) is 8.91. The van der Waals surface area contributed by atoms with Crippen molar-refractivity contribution in [2.24, 2.45) is 0 Å². The highest BCUT2D eigenvalue weighted by molar-refractivity contribution is 9.10. The third kappa shape index (κ3) is 2.81. The van der Waals surface area contributed by atoms with E-state index in [0.717, 1.165) is 12.1 Å². The molecule has 98 valence electrons. The molecule has 0 heterocycles. The molecule has 0 atom stereocenters. The summed E-state index contributed by atoms with van der Waals surface area (Å²) in [5.74, 6) is -2.48. The molecule has 6 heteroatoms. The van der Waals surface area contributed by atoms with Crippen molar-refractivity contribution in [1.82, 2.24) is 0 Å². The molecule has 0 saturated carbocycles. The first kappa shape index (κ1) is 14.4. The number of rotatable bonds is 2. The predicted octanol–water partition coefficient (Wildman–Crippen LogP) is 5.27. The molecule has 0 saturated heterocycles. The molecule has 0 N–H and O–H groups in total. The van der Waals surface area contributed by atoms with E-state index in [9.17, 15) is 13.6 Å². The summed E-state index contributed by atoms with van der Waals surface area (Å²) in [5.41, 5.74) is -0.347. The maximum Gasteiger partial charge on any atom is 0.198 e. The molecule has 1 nitrogen and oxygen atoms in total. The largest absolute Gasteiger partial charge is 0.288 e. The molecular formula is C13H5BrCl2F2O. The molecule has 0 fully saturated rings. The number of hydrogen-bond acceptors (Lipinski definition) is 1. The minimum absolute atomic E-state index is 0.0739. The van der Waals surface area contributed by atoms with Gasteiger partial charge in [0.2, 0.25) is 0 Å². The van der Waals surface area contributed by atoms with Crippen LogP contribution in [0, 0.1) is 11.6 Å². The number of carbonyl (C=O) groups excluding carboxylic acids is 1. The summed E-state index contributed by atoms with van der Waals surface area (Å²) in [5, 5.41) is -0.235. The summed E-state index contributed by atoms with van der Waals surface area (Å²) in [6.45, 7) is 0. The number of halogens is 5. The van der Waals surface area contributed by atoms with Gasteiger partial charge in [0.25, 0.3) is 0 Å². The van der Waals surface area contributed by atoms with Crippen LogP contribution in [0.4, 0.5) is 8.78 Å². The van der Waals surface area contributed by atoms with Crippen LogP contribution in [0.2, 0.25) is 10.0 Å². The van der Waals surface area contributed by atoms with Gasteiger partial charge in [-0.25, -0.2) is 8.78 Å². The molecule has 0 amide bonds. The fourth-order valence-corrected chi connectivity index (χ4v) is 2.62. The van der Waals surface area contributed by atoms with Gasteiger partial charge in [0.05, 0.1) is 21.2 Å². The lowest BCUT2D eigenvalue weighted by Gasteiger charge is -2.08. The lowest BCUT2D eigenvalue weighted by molar-refractivity contribution is 0.103. The molecule has 0 spiro atoms. The van der Waals surface area contributed by atoms with Crippen LogP contribution in [0.25, 0.3) is 0 Å². The van der Waals surface area contributed by atoms with E-state index < -0.39 is 23.0 Å². The summed E-state index contributed by atoms with van der Waals surface area (Å²) in [7, 11) is 0. The van der Waals surface area contributed by atoms with Gasteiger partial charge < -0.3 is 0 Å². The Kier molecular flexibility index (Phi) is 4.23. The van der Waals surface area contributed by atoms with Crippen LogP contribution in [0.15, 0.2) is 34.8 Å². The van der Waals surface area contributed by atoms with Crippen LogP contribution < -0.4 is 0 Å². The lowest BCUT2D eigenvalue weighted by atomic mass is 10.0. The van der Waals surface area contributed by atoms with E-state index in [-0.39, 0.29) is 15.6 Å². The number of carbonyl (C=O) groups is 1. The van der Waals surface area contributed by atoms with Crippen LogP contribution in [-0.4, -0.2) is 5.78 Å². The number of benzene rings is 2.